The van der Waals surface area contributed by atoms with Gasteiger partial charge in [-0.05, 0) is 63.6 Å². The smallest absolute Gasteiger partial charge is 0.335 e. The first kappa shape index (κ1) is 24.4. The van der Waals surface area contributed by atoms with Crippen molar-refractivity contribution in [1.29, 1.82) is 0 Å². The molecule has 0 unspecified atom stereocenters. The lowest BCUT2D eigenvalue weighted by atomic mass is 10.1. The summed E-state index contributed by atoms with van der Waals surface area (Å²) < 4.78 is 34.2. The number of aromatic nitrogens is 2. The molecule has 33 heavy (non-hydrogen) atoms. The number of carbonyl (C=O) groups is 1. The fourth-order valence-electron chi connectivity index (χ4n) is 3.17. The van der Waals surface area contributed by atoms with Gasteiger partial charge in [0.2, 0.25) is 10.0 Å². The molecule has 0 atom stereocenters. The third-order valence-electron chi connectivity index (χ3n) is 4.66. The Hall–Kier alpha value is -3.24. The summed E-state index contributed by atoms with van der Waals surface area (Å²) in [6.07, 6.45) is 1.71. The van der Waals surface area contributed by atoms with Crippen molar-refractivity contribution in [3.8, 4) is 17.1 Å². The minimum absolute atomic E-state index is 0.000706. The molecule has 10 heteroatoms. The van der Waals surface area contributed by atoms with Crippen molar-refractivity contribution in [3.63, 3.8) is 0 Å². The van der Waals surface area contributed by atoms with Gasteiger partial charge in [-0.1, -0.05) is 13.3 Å². The van der Waals surface area contributed by atoms with Crippen molar-refractivity contribution in [1.82, 2.24) is 14.7 Å². The fourth-order valence-corrected chi connectivity index (χ4v) is 4.62. The summed E-state index contributed by atoms with van der Waals surface area (Å²) in [6.45, 7) is 7.64. The van der Waals surface area contributed by atoms with Crippen LogP contribution in [0.2, 0.25) is 0 Å². The lowest BCUT2D eigenvalue weighted by molar-refractivity contribution is 0.0697. The van der Waals surface area contributed by atoms with Crippen LogP contribution in [0.5, 0.6) is 5.75 Å². The number of benzene rings is 2. The molecule has 9 nitrogen and oxygen atoms in total. The van der Waals surface area contributed by atoms with Gasteiger partial charge in [-0.25, -0.2) is 22.9 Å². The third kappa shape index (κ3) is 5.77. The SMILES string of the molecule is CCCCOc1ccc(S(=O)(=O)NC(C)(C)C)cc1-c1nc2ccc(C(=O)O)cc2c(=O)[nH]1. The van der Waals surface area contributed by atoms with Gasteiger partial charge in [0, 0.05) is 5.54 Å². The third-order valence-corrected chi connectivity index (χ3v) is 6.42. The monoisotopic (exact) mass is 473 g/mol. The number of ether oxygens (including phenoxy) is 1. The number of carboxylic acids is 1. The Bertz CT molecular complexity index is 1360. The number of nitrogens with zero attached hydrogens (tertiary/aromatic N) is 1. The van der Waals surface area contributed by atoms with E-state index in [4.69, 9.17) is 4.74 Å². The molecule has 0 spiro atoms. The highest BCUT2D eigenvalue weighted by molar-refractivity contribution is 7.89. The van der Waals surface area contributed by atoms with Crippen LogP contribution in [0.3, 0.4) is 0 Å². The standard InChI is InChI=1S/C23H27N3O6S/c1-5-6-11-32-19-10-8-15(33(30,31)26-23(2,3)4)13-17(19)20-24-18-9-7-14(22(28)29)12-16(18)21(27)25-20/h7-10,12-13,26H,5-6,11H2,1-4H3,(H,28,29)(H,24,25,27). The normalized spacial score (nSPS) is 12.1. The molecule has 3 rings (SSSR count). The van der Waals surface area contributed by atoms with E-state index in [-0.39, 0.29) is 27.2 Å². The van der Waals surface area contributed by atoms with E-state index in [9.17, 15) is 23.1 Å². The van der Waals surface area contributed by atoms with Crippen molar-refractivity contribution >= 4 is 26.9 Å². The molecular weight excluding hydrogens is 446 g/mol. The zero-order valence-corrected chi connectivity index (χ0v) is 19.7. The summed E-state index contributed by atoms with van der Waals surface area (Å²) in [5, 5.41) is 9.30. The van der Waals surface area contributed by atoms with Crippen LogP contribution in [0.4, 0.5) is 0 Å². The molecule has 0 fully saturated rings. The summed E-state index contributed by atoms with van der Waals surface area (Å²) in [5.74, 6) is -0.658. The van der Waals surface area contributed by atoms with Crippen molar-refractivity contribution in [3.05, 3.63) is 52.3 Å². The molecule has 0 amide bonds. The van der Waals surface area contributed by atoms with Crippen LogP contribution < -0.4 is 15.0 Å². The van der Waals surface area contributed by atoms with Gasteiger partial charge in [0.05, 0.1) is 33.5 Å². The second kappa shape index (κ2) is 9.32. The molecule has 2 aromatic carbocycles. The maximum atomic E-state index is 12.9. The molecule has 0 radical (unpaired) electrons. The van der Waals surface area contributed by atoms with E-state index in [2.05, 4.69) is 14.7 Å². The maximum absolute atomic E-state index is 12.9. The Morgan fingerprint density at radius 3 is 2.55 bits per heavy atom. The fraction of sp³-hybridized carbons (Fsp3) is 0.348. The van der Waals surface area contributed by atoms with Gasteiger partial charge < -0.3 is 14.8 Å². The number of unbranched alkanes of at least 4 members (excludes halogenated alkanes) is 1. The summed E-state index contributed by atoms with van der Waals surface area (Å²) >= 11 is 0. The van der Waals surface area contributed by atoms with Gasteiger partial charge in [0.1, 0.15) is 11.6 Å². The second-order valence-corrected chi connectivity index (χ2v) is 10.3. The summed E-state index contributed by atoms with van der Waals surface area (Å²) in [6, 6.07) is 8.44. The Morgan fingerprint density at radius 2 is 1.91 bits per heavy atom. The van der Waals surface area contributed by atoms with E-state index >= 15 is 0 Å². The zero-order valence-electron chi connectivity index (χ0n) is 18.9. The Morgan fingerprint density at radius 1 is 1.18 bits per heavy atom. The van der Waals surface area contributed by atoms with E-state index < -0.39 is 27.1 Å². The molecule has 0 aliphatic heterocycles. The first-order valence-electron chi connectivity index (χ1n) is 10.5. The molecule has 1 heterocycles. The predicted octanol–water partition coefficient (Wildman–Crippen LogP) is 3.54. The number of aromatic amines is 1. The van der Waals surface area contributed by atoms with Crippen LogP contribution in [0.15, 0.2) is 46.1 Å². The molecular formula is C23H27N3O6S. The second-order valence-electron chi connectivity index (χ2n) is 8.67. The highest BCUT2D eigenvalue weighted by Gasteiger charge is 2.24. The number of fused-ring (bicyclic) bond motifs is 1. The average molecular weight is 474 g/mol. The van der Waals surface area contributed by atoms with Gasteiger partial charge in [-0.15, -0.1) is 0 Å². The van der Waals surface area contributed by atoms with Crippen molar-refractivity contribution in [2.24, 2.45) is 0 Å². The highest BCUT2D eigenvalue weighted by atomic mass is 32.2. The minimum Gasteiger partial charge on any atom is -0.493 e. The highest BCUT2D eigenvalue weighted by Crippen LogP contribution is 2.31. The maximum Gasteiger partial charge on any atom is 0.335 e. The predicted molar refractivity (Wildman–Crippen MR) is 125 cm³/mol. The van der Waals surface area contributed by atoms with E-state index in [0.717, 1.165) is 12.8 Å². The molecule has 1 aromatic heterocycles. The quantitative estimate of drug-likeness (QED) is 0.425. The number of carboxylic acid groups (broad SMARTS) is 1. The van der Waals surface area contributed by atoms with Crippen LogP contribution in [0.25, 0.3) is 22.3 Å². The van der Waals surface area contributed by atoms with E-state index in [1.165, 1.54) is 30.3 Å². The lowest BCUT2D eigenvalue weighted by Crippen LogP contribution is -2.40. The zero-order chi connectivity index (χ0) is 24.4. The van der Waals surface area contributed by atoms with Crippen molar-refractivity contribution < 1.29 is 23.1 Å². The molecule has 3 aromatic rings. The topological polar surface area (TPSA) is 138 Å². The number of nitrogens with one attached hydrogen (secondary N) is 2. The Kier molecular flexibility index (Phi) is 6.89. The Balaban J connectivity index is 2.17. The molecule has 176 valence electrons. The van der Waals surface area contributed by atoms with E-state index in [0.29, 0.717) is 17.9 Å². The Labute approximate surface area is 191 Å². The minimum atomic E-state index is -3.85. The molecule has 0 bridgehead atoms. The van der Waals surface area contributed by atoms with Crippen LogP contribution in [0, 0.1) is 0 Å². The van der Waals surface area contributed by atoms with Gasteiger partial charge in [0.15, 0.2) is 0 Å². The van der Waals surface area contributed by atoms with Crippen LogP contribution in [0.1, 0.15) is 50.9 Å². The molecule has 3 N–H and O–H groups in total. The van der Waals surface area contributed by atoms with Gasteiger partial charge in [0.25, 0.3) is 5.56 Å². The van der Waals surface area contributed by atoms with Gasteiger partial charge >= 0.3 is 5.97 Å². The lowest BCUT2D eigenvalue weighted by Gasteiger charge is -2.21. The first-order valence-corrected chi connectivity index (χ1v) is 12.0. The summed E-state index contributed by atoms with van der Waals surface area (Å²) in [7, 11) is -3.85. The molecule has 0 saturated carbocycles. The van der Waals surface area contributed by atoms with Crippen LogP contribution in [-0.2, 0) is 10.0 Å². The first-order chi connectivity index (χ1) is 15.4. The average Bonchev–Trinajstić information content (AvgIpc) is 2.72. The number of hydrogen-bond acceptors (Lipinski definition) is 6. The summed E-state index contributed by atoms with van der Waals surface area (Å²) in [4.78, 5) is 31.0. The number of hydrogen-bond donors (Lipinski definition) is 3. The van der Waals surface area contributed by atoms with Gasteiger partial charge in [-0.3, -0.25) is 4.79 Å². The molecule has 0 aliphatic rings. The summed E-state index contributed by atoms with van der Waals surface area (Å²) in [5.41, 5.74) is -0.679. The number of sulfonamides is 1. The van der Waals surface area contributed by atoms with Gasteiger partial charge in [-0.2, -0.15) is 0 Å². The molecule has 0 aliphatic carbocycles. The number of aromatic carboxylic acids is 1. The number of H-pyrrole nitrogens is 1. The van der Waals surface area contributed by atoms with Crippen molar-refractivity contribution in [2.75, 3.05) is 6.61 Å². The van der Waals surface area contributed by atoms with Crippen LogP contribution >= 0.6 is 0 Å². The number of rotatable bonds is 8. The largest absolute Gasteiger partial charge is 0.493 e. The van der Waals surface area contributed by atoms with E-state index in [1.54, 1.807) is 26.8 Å². The van der Waals surface area contributed by atoms with E-state index in [1.807, 2.05) is 6.92 Å². The molecule has 0 saturated heterocycles. The van der Waals surface area contributed by atoms with Crippen LogP contribution in [-0.4, -0.2) is 41.6 Å². The van der Waals surface area contributed by atoms with Crippen molar-refractivity contribution in [2.45, 2.75) is 51.0 Å².